The summed E-state index contributed by atoms with van der Waals surface area (Å²) in [6, 6.07) is 8.54. The lowest BCUT2D eigenvalue weighted by Crippen LogP contribution is -1.99. The summed E-state index contributed by atoms with van der Waals surface area (Å²) in [5.74, 6) is -1.16. The Morgan fingerprint density at radius 2 is 1.91 bits per heavy atom. The zero-order valence-electron chi connectivity index (χ0n) is 11.4. The third-order valence-corrected chi connectivity index (χ3v) is 3.42. The zero-order valence-corrected chi connectivity index (χ0v) is 12.9. The van der Waals surface area contributed by atoms with Gasteiger partial charge < -0.3 is 5.11 Å². The van der Waals surface area contributed by atoms with E-state index in [0.717, 1.165) is 0 Å². The van der Waals surface area contributed by atoms with Gasteiger partial charge >= 0.3 is 5.97 Å². The molecule has 0 saturated carbocycles. The van der Waals surface area contributed by atoms with Crippen molar-refractivity contribution in [1.29, 1.82) is 0 Å². The highest BCUT2D eigenvalue weighted by molar-refractivity contribution is 6.33. The van der Waals surface area contributed by atoms with E-state index in [2.05, 4.69) is 10.5 Å². The molecule has 2 aromatic rings. The van der Waals surface area contributed by atoms with Gasteiger partial charge in [-0.3, -0.25) is 15.5 Å². The average Bonchev–Trinajstić information content (AvgIpc) is 2.50. The van der Waals surface area contributed by atoms with Crippen LogP contribution in [0.2, 0.25) is 10.0 Å². The standard InChI is InChI=1S/C14H9Cl2N3O4/c15-11-4-2-9(6-10(11)14(20)21)18-17-7-8-1-3-12(16)13(5-8)19(22)23/h1-7,18H,(H,20,21)/b17-7-. The number of rotatable bonds is 5. The third kappa shape index (κ3) is 4.18. The molecule has 0 fully saturated rings. The second-order valence-corrected chi connectivity index (χ2v) is 5.15. The molecule has 0 radical (unpaired) electrons. The zero-order chi connectivity index (χ0) is 17.0. The van der Waals surface area contributed by atoms with Gasteiger partial charge in [0.15, 0.2) is 0 Å². The second-order valence-electron chi connectivity index (χ2n) is 4.34. The van der Waals surface area contributed by atoms with Crippen LogP contribution in [-0.2, 0) is 0 Å². The maximum absolute atomic E-state index is 11.0. The van der Waals surface area contributed by atoms with Crippen LogP contribution in [0.4, 0.5) is 11.4 Å². The number of halogens is 2. The number of hydrogen-bond donors (Lipinski definition) is 2. The summed E-state index contributed by atoms with van der Waals surface area (Å²) in [7, 11) is 0. The molecule has 118 valence electrons. The first kappa shape index (κ1) is 16.7. The van der Waals surface area contributed by atoms with Crippen molar-refractivity contribution in [3.63, 3.8) is 0 Å². The summed E-state index contributed by atoms with van der Waals surface area (Å²) in [5, 5.41) is 23.8. The predicted molar refractivity (Wildman–Crippen MR) is 87.7 cm³/mol. The van der Waals surface area contributed by atoms with Crippen molar-refractivity contribution in [2.75, 3.05) is 5.43 Å². The van der Waals surface area contributed by atoms with Crippen LogP contribution >= 0.6 is 23.2 Å². The molecule has 0 bridgehead atoms. The third-order valence-electron chi connectivity index (χ3n) is 2.77. The number of carboxylic acid groups (broad SMARTS) is 1. The van der Waals surface area contributed by atoms with E-state index in [0.29, 0.717) is 11.3 Å². The van der Waals surface area contributed by atoms with Crippen molar-refractivity contribution in [2.24, 2.45) is 5.10 Å². The predicted octanol–water partition coefficient (Wildman–Crippen LogP) is 4.05. The Kier molecular flexibility index (Phi) is 5.15. The van der Waals surface area contributed by atoms with Crippen LogP contribution in [0.5, 0.6) is 0 Å². The van der Waals surface area contributed by atoms with E-state index in [9.17, 15) is 14.9 Å². The number of carboxylic acids is 1. The maximum atomic E-state index is 11.0. The molecule has 0 aromatic heterocycles. The molecule has 0 aliphatic rings. The summed E-state index contributed by atoms with van der Waals surface area (Å²) >= 11 is 11.5. The molecular formula is C14H9Cl2N3O4. The molecule has 2 aromatic carbocycles. The van der Waals surface area contributed by atoms with E-state index in [1.165, 1.54) is 30.5 Å². The molecule has 0 spiro atoms. The van der Waals surface area contributed by atoms with Crippen molar-refractivity contribution in [2.45, 2.75) is 0 Å². The highest BCUT2D eigenvalue weighted by atomic mass is 35.5. The van der Waals surface area contributed by atoms with E-state index < -0.39 is 10.9 Å². The molecule has 0 unspecified atom stereocenters. The van der Waals surface area contributed by atoms with Gasteiger partial charge in [0.2, 0.25) is 0 Å². The highest BCUT2D eigenvalue weighted by Crippen LogP contribution is 2.24. The lowest BCUT2D eigenvalue weighted by molar-refractivity contribution is -0.384. The molecule has 2 rings (SSSR count). The number of nitrogens with one attached hydrogen (secondary N) is 1. The Morgan fingerprint density at radius 3 is 2.57 bits per heavy atom. The summed E-state index contributed by atoms with van der Waals surface area (Å²) < 4.78 is 0. The van der Waals surface area contributed by atoms with Crippen molar-refractivity contribution < 1.29 is 14.8 Å². The monoisotopic (exact) mass is 353 g/mol. The number of nitrogens with zero attached hydrogens (tertiary/aromatic N) is 2. The minimum atomic E-state index is -1.16. The molecule has 7 nitrogen and oxygen atoms in total. The largest absolute Gasteiger partial charge is 0.478 e. The Morgan fingerprint density at radius 1 is 1.22 bits per heavy atom. The van der Waals surface area contributed by atoms with Gasteiger partial charge in [-0.2, -0.15) is 5.10 Å². The van der Waals surface area contributed by atoms with Gasteiger partial charge in [0, 0.05) is 11.6 Å². The normalized spacial score (nSPS) is 10.7. The number of hydrazone groups is 1. The van der Waals surface area contributed by atoms with Crippen LogP contribution in [0.3, 0.4) is 0 Å². The average molecular weight is 354 g/mol. The van der Waals surface area contributed by atoms with Gasteiger partial charge in [-0.1, -0.05) is 29.3 Å². The van der Waals surface area contributed by atoms with E-state index in [1.54, 1.807) is 12.1 Å². The molecule has 0 saturated heterocycles. The van der Waals surface area contributed by atoms with Crippen LogP contribution in [0.15, 0.2) is 41.5 Å². The molecule has 9 heteroatoms. The summed E-state index contributed by atoms with van der Waals surface area (Å²) in [5.41, 5.74) is 3.20. The van der Waals surface area contributed by atoms with Crippen LogP contribution in [0.1, 0.15) is 15.9 Å². The first-order chi connectivity index (χ1) is 10.9. The fraction of sp³-hybridized carbons (Fsp3) is 0. The van der Waals surface area contributed by atoms with E-state index in [1.807, 2.05) is 0 Å². The molecule has 0 aliphatic heterocycles. The summed E-state index contributed by atoms with van der Waals surface area (Å²) in [6.45, 7) is 0. The van der Waals surface area contributed by atoms with Crippen molar-refractivity contribution in [1.82, 2.24) is 0 Å². The van der Waals surface area contributed by atoms with Gasteiger partial charge in [0.05, 0.1) is 27.4 Å². The lowest BCUT2D eigenvalue weighted by atomic mass is 10.2. The Bertz CT molecular complexity index is 809. The first-order valence-electron chi connectivity index (χ1n) is 6.14. The van der Waals surface area contributed by atoms with Gasteiger partial charge in [-0.05, 0) is 24.3 Å². The quantitative estimate of drug-likeness (QED) is 0.479. The molecule has 0 heterocycles. The van der Waals surface area contributed by atoms with Crippen molar-refractivity contribution >= 4 is 46.8 Å². The number of anilines is 1. The van der Waals surface area contributed by atoms with Crippen LogP contribution in [-0.4, -0.2) is 22.2 Å². The number of hydrogen-bond acceptors (Lipinski definition) is 5. The van der Waals surface area contributed by atoms with E-state index in [-0.39, 0.29) is 21.3 Å². The second kappa shape index (κ2) is 7.08. The number of carbonyl (C=O) groups is 1. The minimum absolute atomic E-state index is 0.0314. The molecule has 23 heavy (non-hydrogen) atoms. The summed E-state index contributed by atoms with van der Waals surface area (Å²) in [6.07, 6.45) is 1.35. The van der Waals surface area contributed by atoms with E-state index in [4.69, 9.17) is 28.3 Å². The molecular weight excluding hydrogens is 345 g/mol. The van der Waals surface area contributed by atoms with Crippen molar-refractivity contribution in [3.8, 4) is 0 Å². The number of benzene rings is 2. The topological polar surface area (TPSA) is 105 Å². The van der Waals surface area contributed by atoms with Gasteiger partial charge in [-0.25, -0.2) is 4.79 Å². The number of nitro benzene ring substituents is 1. The molecule has 0 atom stereocenters. The van der Waals surface area contributed by atoms with Crippen LogP contribution in [0, 0.1) is 10.1 Å². The maximum Gasteiger partial charge on any atom is 0.337 e. The van der Waals surface area contributed by atoms with Crippen molar-refractivity contribution in [3.05, 3.63) is 67.7 Å². The van der Waals surface area contributed by atoms with Crippen LogP contribution < -0.4 is 5.43 Å². The first-order valence-corrected chi connectivity index (χ1v) is 6.90. The number of nitro groups is 1. The lowest BCUT2D eigenvalue weighted by Gasteiger charge is -2.03. The molecule has 0 aliphatic carbocycles. The SMILES string of the molecule is O=C(O)c1cc(N/N=C\c2ccc(Cl)c([N+](=O)[O-])c2)ccc1Cl. The smallest absolute Gasteiger partial charge is 0.337 e. The fourth-order valence-corrected chi connectivity index (χ4v) is 2.07. The minimum Gasteiger partial charge on any atom is -0.478 e. The van der Waals surface area contributed by atoms with Gasteiger partial charge in [0.25, 0.3) is 5.69 Å². The molecule has 2 N–H and O–H groups in total. The highest BCUT2D eigenvalue weighted by Gasteiger charge is 2.12. The van der Waals surface area contributed by atoms with E-state index >= 15 is 0 Å². The Balaban J connectivity index is 2.16. The fourth-order valence-electron chi connectivity index (χ4n) is 1.69. The Hall–Kier alpha value is -2.64. The van der Waals surface area contributed by atoms with Gasteiger partial charge in [0.1, 0.15) is 5.02 Å². The van der Waals surface area contributed by atoms with Crippen LogP contribution in [0.25, 0.3) is 0 Å². The Labute approximate surface area is 140 Å². The molecule has 0 amide bonds. The van der Waals surface area contributed by atoms with Gasteiger partial charge in [-0.15, -0.1) is 0 Å². The summed E-state index contributed by atoms with van der Waals surface area (Å²) in [4.78, 5) is 21.2. The number of aromatic carboxylic acids is 1.